The lowest BCUT2D eigenvalue weighted by molar-refractivity contribution is -0.182. The van der Waals surface area contributed by atoms with E-state index in [4.69, 9.17) is 5.73 Å². The third kappa shape index (κ3) is 7.33. The predicted octanol–water partition coefficient (Wildman–Crippen LogP) is 5.08. The number of anilines is 3. The monoisotopic (exact) mass is 524 g/mol. The van der Waals surface area contributed by atoms with Gasteiger partial charge in [0.25, 0.3) is 5.91 Å². The van der Waals surface area contributed by atoms with Gasteiger partial charge in [-0.25, -0.2) is 0 Å². The SMILES string of the molecule is CC(C)(O)CNc1cc(N2CCC(C(F)(F)F)CC2)c(C(=O)NC2CCC(C(F)(F)F)CC2)cc1N. The van der Waals surface area contributed by atoms with Gasteiger partial charge in [0, 0.05) is 25.7 Å². The Morgan fingerprint density at radius 2 is 1.50 bits per heavy atom. The fourth-order valence-corrected chi connectivity index (χ4v) is 4.79. The van der Waals surface area contributed by atoms with Crippen LogP contribution in [0.5, 0.6) is 0 Å². The number of alkyl halides is 6. The molecule has 0 bridgehead atoms. The standard InChI is InChI=1S/C24H34F6N4O2/c1-22(2,36)13-32-19-12-20(34-9-7-15(8-10-34)24(28,29)30)17(11-18(19)31)21(35)33-16-5-3-14(4-6-16)23(25,26)27/h11-12,14-16,32,36H,3-10,13,31H2,1-2H3,(H,33,35). The van der Waals surface area contributed by atoms with Gasteiger partial charge < -0.3 is 26.4 Å². The maximum Gasteiger partial charge on any atom is 0.391 e. The molecule has 1 saturated heterocycles. The number of halogens is 6. The first-order chi connectivity index (χ1) is 16.5. The van der Waals surface area contributed by atoms with Crippen molar-refractivity contribution in [2.45, 2.75) is 76.4 Å². The summed E-state index contributed by atoms with van der Waals surface area (Å²) in [6.07, 6.45) is -8.58. The number of nitrogens with zero attached hydrogens (tertiary/aromatic N) is 1. The van der Waals surface area contributed by atoms with Crippen LogP contribution in [0.1, 0.15) is 62.7 Å². The average Bonchev–Trinajstić information content (AvgIpc) is 2.76. The summed E-state index contributed by atoms with van der Waals surface area (Å²) >= 11 is 0. The number of hydrogen-bond acceptors (Lipinski definition) is 5. The molecule has 0 radical (unpaired) electrons. The number of hydrogen-bond donors (Lipinski definition) is 4. The van der Waals surface area contributed by atoms with Crippen molar-refractivity contribution in [2.24, 2.45) is 11.8 Å². The summed E-state index contributed by atoms with van der Waals surface area (Å²) in [6.45, 7) is 3.48. The summed E-state index contributed by atoms with van der Waals surface area (Å²) in [6, 6.07) is 2.58. The van der Waals surface area contributed by atoms with Gasteiger partial charge in [0.2, 0.25) is 0 Å². The van der Waals surface area contributed by atoms with Crippen LogP contribution in [0.2, 0.25) is 0 Å². The minimum Gasteiger partial charge on any atom is -0.397 e. The summed E-state index contributed by atoms with van der Waals surface area (Å²) in [5.41, 5.74) is 6.26. The van der Waals surface area contributed by atoms with Crippen molar-refractivity contribution in [3.63, 3.8) is 0 Å². The minimum absolute atomic E-state index is 0.0752. The third-order valence-corrected chi connectivity index (χ3v) is 6.95. The number of nitrogens with two attached hydrogens (primary N) is 1. The van der Waals surface area contributed by atoms with E-state index < -0.39 is 41.7 Å². The van der Waals surface area contributed by atoms with E-state index in [1.165, 1.54) is 6.07 Å². The average molecular weight is 525 g/mol. The summed E-state index contributed by atoms with van der Waals surface area (Å²) in [5.74, 6) is -3.33. The van der Waals surface area contributed by atoms with Crippen molar-refractivity contribution in [1.82, 2.24) is 5.32 Å². The molecule has 12 heteroatoms. The van der Waals surface area contributed by atoms with Crippen LogP contribution in [0.25, 0.3) is 0 Å². The molecule has 6 nitrogen and oxygen atoms in total. The van der Waals surface area contributed by atoms with Crippen molar-refractivity contribution in [1.29, 1.82) is 0 Å². The van der Waals surface area contributed by atoms with Gasteiger partial charge in [0.05, 0.1) is 40.1 Å². The largest absolute Gasteiger partial charge is 0.397 e. The molecule has 1 aliphatic carbocycles. The van der Waals surface area contributed by atoms with Gasteiger partial charge in [-0.05, 0) is 64.5 Å². The molecular weight excluding hydrogens is 490 g/mol. The molecule has 2 fully saturated rings. The number of carbonyl (C=O) groups is 1. The van der Waals surface area contributed by atoms with Crippen LogP contribution in [0.4, 0.5) is 43.4 Å². The number of nitrogens with one attached hydrogen (secondary N) is 2. The summed E-state index contributed by atoms with van der Waals surface area (Å²) < 4.78 is 78.4. The van der Waals surface area contributed by atoms with Gasteiger partial charge in [-0.1, -0.05) is 0 Å². The molecule has 1 aliphatic heterocycles. The highest BCUT2D eigenvalue weighted by atomic mass is 19.4. The van der Waals surface area contributed by atoms with Gasteiger partial charge in [-0.2, -0.15) is 26.3 Å². The normalized spacial score (nSPS) is 22.4. The molecule has 204 valence electrons. The number of rotatable bonds is 6. The van der Waals surface area contributed by atoms with Crippen LogP contribution < -0.4 is 21.3 Å². The molecule has 2 aliphatic rings. The molecule has 1 saturated carbocycles. The van der Waals surface area contributed by atoms with Crippen molar-refractivity contribution in [2.75, 3.05) is 35.6 Å². The Labute approximate surface area is 206 Å². The fourth-order valence-electron chi connectivity index (χ4n) is 4.79. The minimum atomic E-state index is -4.29. The third-order valence-electron chi connectivity index (χ3n) is 6.95. The second-order valence-electron chi connectivity index (χ2n) is 10.5. The van der Waals surface area contributed by atoms with E-state index in [2.05, 4.69) is 10.6 Å². The van der Waals surface area contributed by atoms with E-state index in [1.54, 1.807) is 24.8 Å². The van der Waals surface area contributed by atoms with Crippen LogP contribution in [0.15, 0.2) is 12.1 Å². The van der Waals surface area contributed by atoms with Crippen molar-refractivity contribution in [3.05, 3.63) is 17.7 Å². The van der Waals surface area contributed by atoms with Crippen LogP contribution in [-0.2, 0) is 0 Å². The summed E-state index contributed by atoms with van der Waals surface area (Å²) in [7, 11) is 0. The number of benzene rings is 1. The smallest absolute Gasteiger partial charge is 0.391 e. The van der Waals surface area contributed by atoms with Gasteiger partial charge in [0.15, 0.2) is 0 Å². The Morgan fingerprint density at radius 3 is 2.00 bits per heavy atom. The number of amides is 1. The van der Waals surface area contributed by atoms with Crippen molar-refractivity contribution < 1.29 is 36.2 Å². The molecule has 1 aromatic rings. The highest BCUT2D eigenvalue weighted by Gasteiger charge is 2.43. The zero-order valence-corrected chi connectivity index (χ0v) is 20.4. The van der Waals surface area contributed by atoms with Gasteiger partial charge >= 0.3 is 12.4 Å². The first-order valence-corrected chi connectivity index (χ1v) is 12.1. The quantitative estimate of drug-likeness (QED) is 0.308. The number of carbonyl (C=O) groups excluding carboxylic acids is 1. The van der Waals surface area contributed by atoms with E-state index in [0.29, 0.717) is 11.4 Å². The predicted molar refractivity (Wildman–Crippen MR) is 126 cm³/mol. The molecule has 0 atom stereocenters. The van der Waals surface area contributed by atoms with Crippen LogP contribution in [0.3, 0.4) is 0 Å². The first kappa shape index (κ1) is 28.2. The Bertz CT molecular complexity index is 913. The summed E-state index contributed by atoms with van der Waals surface area (Å²) in [5, 5.41) is 15.8. The van der Waals surface area contributed by atoms with E-state index in [9.17, 15) is 36.2 Å². The Balaban J connectivity index is 1.81. The molecule has 1 aromatic carbocycles. The zero-order chi connectivity index (χ0) is 26.9. The lowest BCUT2D eigenvalue weighted by Crippen LogP contribution is -2.42. The molecule has 36 heavy (non-hydrogen) atoms. The number of piperidine rings is 1. The molecule has 1 heterocycles. The highest BCUT2D eigenvalue weighted by molar-refractivity contribution is 6.02. The van der Waals surface area contributed by atoms with E-state index in [-0.39, 0.29) is 69.4 Å². The zero-order valence-electron chi connectivity index (χ0n) is 20.4. The molecule has 0 aromatic heterocycles. The van der Waals surface area contributed by atoms with E-state index in [1.807, 2.05) is 0 Å². The Hall–Kier alpha value is -2.37. The van der Waals surface area contributed by atoms with Gasteiger partial charge in [0.1, 0.15) is 0 Å². The van der Waals surface area contributed by atoms with Crippen LogP contribution in [0, 0.1) is 11.8 Å². The Kier molecular flexibility index (Phi) is 8.26. The van der Waals surface area contributed by atoms with Crippen molar-refractivity contribution in [3.8, 4) is 0 Å². The fraction of sp³-hybridized carbons (Fsp3) is 0.708. The molecule has 1 amide bonds. The van der Waals surface area contributed by atoms with E-state index >= 15 is 0 Å². The van der Waals surface area contributed by atoms with Crippen LogP contribution in [-0.4, -0.2) is 54.6 Å². The van der Waals surface area contributed by atoms with Gasteiger partial charge in [-0.3, -0.25) is 4.79 Å². The lowest BCUT2D eigenvalue weighted by atomic mass is 9.85. The maximum absolute atomic E-state index is 13.2. The number of nitrogen functional groups attached to an aromatic ring is 1. The maximum atomic E-state index is 13.2. The molecule has 0 unspecified atom stereocenters. The topological polar surface area (TPSA) is 90.6 Å². The first-order valence-electron chi connectivity index (χ1n) is 12.1. The highest BCUT2D eigenvalue weighted by Crippen LogP contribution is 2.39. The molecular formula is C24H34F6N4O2. The molecule has 0 spiro atoms. The van der Waals surface area contributed by atoms with Crippen LogP contribution >= 0.6 is 0 Å². The van der Waals surface area contributed by atoms with Gasteiger partial charge in [-0.15, -0.1) is 0 Å². The second kappa shape index (κ2) is 10.5. The lowest BCUT2D eigenvalue weighted by Gasteiger charge is -2.36. The second-order valence-corrected chi connectivity index (χ2v) is 10.5. The number of aliphatic hydroxyl groups is 1. The summed E-state index contributed by atoms with van der Waals surface area (Å²) in [4.78, 5) is 14.9. The van der Waals surface area contributed by atoms with Crippen molar-refractivity contribution >= 4 is 23.0 Å². The van der Waals surface area contributed by atoms with E-state index in [0.717, 1.165) is 0 Å². The molecule has 5 N–H and O–H groups in total. The Morgan fingerprint density at radius 1 is 0.972 bits per heavy atom. The molecule has 3 rings (SSSR count).